The molecule has 106 valence electrons. The minimum absolute atomic E-state index is 0.131. The van der Waals surface area contributed by atoms with Gasteiger partial charge in [0, 0.05) is 19.2 Å². The number of rotatable bonds is 5. The molecule has 3 nitrogen and oxygen atoms in total. The minimum atomic E-state index is -0.649. The number of aromatic nitrogens is 1. The summed E-state index contributed by atoms with van der Waals surface area (Å²) in [4.78, 5) is 6.17. The van der Waals surface area contributed by atoms with Crippen LogP contribution in [-0.2, 0) is 0 Å². The van der Waals surface area contributed by atoms with Crippen LogP contribution < -0.4 is 5.32 Å². The zero-order valence-corrected chi connectivity index (χ0v) is 11.3. The van der Waals surface area contributed by atoms with Crippen LogP contribution in [0, 0.1) is 17.6 Å². The van der Waals surface area contributed by atoms with Gasteiger partial charge in [-0.1, -0.05) is 13.3 Å². The molecule has 1 atom stereocenters. The Kier molecular flexibility index (Phi) is 5.07. The van der Waals surface area contributed by atoms with Crippen LogP contribution in [0.4, 0.5) is 14.6 Å². The highest BCUT2D eigenvalue weighted by molar-refractivity contribution is 5.35. The highest BCUT2D eigenvalue weighted by Crippen LogP contribution is 2.14. The number of hydrogen-bond acceptors (Lipinski definition) is 3. The summed E-state index contributed by atoms with van der Waals surface area (Å²) < 4.78 is 26.1. The van der Waals surface area contributed by atoms with Crippen molar-refractivity contribution in [3.8, 4) is 0 Å². The van der Waals surface area contributed by atoms with E-state index in [1.54, 1.807) is 0 Å². The Morgan fingerprint density at radius 3 is 2.74 bits per heavy atom. The van der Waals surface area contributed by atoms with Crippen LogP contribution in [0.1, 0.15) is 26.2 Å². The van der Waals surface area contributed by atoms with Gasteiger partial charge >= 0.3 is 0 Å². The smallest absolute Gasteiger partial charge is 0.168 e. The molecule has 1 N–H and O–H groups in total. The van der Waals surface area contributed by atoms with Gasteiger partial charge < -0.3 is 10.2 Å². The standard InChI is InChI=1S/C14H21F2N3/c1-11(10-19-5-3-2-4-6-19)8-17-14-13(16)7-12(15)9-18-14/h7,9,11H,2-6,8,10H2,1H3,(H,17,18). The fourth-order valence-corrected chi connectivity index (χ4v) is 2.46. The first kappa shape index (κ1) is 14.2. The van der Waals surface area contributed by atoms with Crippen molar-refractivity contribution in [1.29, 1.82) is 0 Å². The molecule has 0 amide bonds. The summed E-state index contributed by atoms with van der Waals surface area (Å²) in [7, 11) is 0. The number of piperidine rings is 1. The fraction of sp³-hybridized carbons (Fsp3) is 0.643. The maximum Gasteiger partial charge on any atom is 0.168 e. The lowest BCUT2D eigenvalue weighted by Crippen LogP contribution is -2.35. The van der Waals surface area contributed by atoms with E-state index in [1.807, 2.05) is 0 Å². The molecule has 1 aromatic rings. The highest BCUT2D eigenvalue weighted by Gasteiger charge is 2.14. The number of halogens is 2. The first-order chi connectivity index (χ1) is 9.15. The van der Waals surface area contributed by atoms with Crippen molar-refractivity contribution in [3.63, 3.8) is 0 Å². The second-order valence-electron chi connectivity index (χ2n) is 5.33. The molecule has 1 aliphatic rings. The van der Waals surface area contributed by atoms with Crippen LogP contribution in [0.2, 0.25) is 0 Å². The van der Waals surface area contributed by atoms with Gasteiger partial charge in [-0.2, -0.15) is 0 Å². The van der Waals surface area contributed by atoms with Gasteiger partial charge in [0.25, 0.3) is 0 Å². The Morgan fingerprint density at radius 2 is 2.05 bits per heavy atom. The third-order valence-corrected chi connectivity index (χ3v) is 3.44. The molecule has 0 radical (unpaired) electrons. The Bertz CT molecular complexity index is 406. The summed E-state index contributed by atoms with van der Waals surface area (Å²) in [6.07, 6.45) is 4.90. The predicted molar refractivity (Wildman–Crippen MR) is 72.1 cm³/mol. The SMILES string of the molecule is CC(CNc1ncc(F)cc1F)CN1CCCCC1. The molecular formula is C14H21F2N3. The molecule has 0 saturated carbocycles. The van der Waals surface area contributed by atoms with Crippen LogP contribution >= 0.6 is 0 Å². The van der Waals surface area contributed by atoms with Gasteiger partial charge in [-0.15, -0.1) is 0 Å². The maximum absolute atomic E-state index is 13.4. The molecule has 19 heavy (non-hydrogen) atoms. The quantitative estimate of drug-likeness (QED) is 0.891. The summed E-state index contributed by atoms with van der Waals surface area (Å²) in [5, 5.41) is 2.95. The van der Waals surface area contributed by atoms with Gasteiger partial charge in [0.05, 0.1) is 6.20 Å². The highest BCUT2D eigenvalue weighted by atomic mass is 19.1. The van der Waals surface area contributed by atoms with Crippen molar-refractivity contribution >= 4 is 5.82 Å². The molecule has 2 rings (SSSR count). The van der Waals surface area contributed by atoms with Crippen molar-refractivity contribution in [2.75, 3.05) is 31.5 Å². The molecule has 5 heteroatoms. The van der Waals surface area contributed by atoms with E-state index in [0.717, 1.165) is 31.9 Å². The van der Waals surface area contributed by atoms with Crippen LogP contribution in [0.15, 0.2) is 12.3 Å². The van der Waals surface area contributed by atoms with E-state index in [1.165, 1.54) is 19.3 Å². The van der Waals surface area contributed by atoms with E-state index in [0.29, 0.717) is 12.5 Å². The molecule has 1 saturated heterocycles. The summed E-state index contributed by atoms with van der Waals surface area (Å²) in [5.41, 5.74) is 0. The third kappa shape index (κ3) is 4.42. The predicted octanol–water partition coefficient (Wildman–Crippen LogP) is 2.89. The Balaban J connectivity index is 1.77. The maximum atomic E-state index is 13.4. The second kappa shape index (κ2) is 6.80. The van der Waals surface area contributed by atoms with Gasteiger partial charge in [-0.3, -0.25) is 0 Å². The molecular weight excluding hydrogens is 248 g/mol. The average Bonchev–Trinajstić information content (AvgIpc) is 2.39. The number of nitrogens with zero attached hydrogens (tertiary/aromatic N) is 2. The summed E-state index contributed by atoms with van der Waals surface area (Å²) in [5.74, 6) is -0.745. The minimum Gasteiger partial charge on any atom is -0.367 e. The molecule has 1 unspecified atom stereocenters. The van der Waals surface area contributed by atoms with Crippen LogP contribution in [-0.4, -0.2) is 36.1 Å². The number of hydrogen-bond donors (Lipinski definition) is 1. The van der Waals surface area contributed by atoms with Gasteiger partial charge in [-0.05, 0) is 31.8 Å². The lowest BCUT2D eigenvalue weighted by Gasteiger charge is -2.29. The zero-order valence-electron chi connectivity index (χ0n) is 11.3. The lowest BCUT2D eigenvalue weighted by atomic mass is 10.1. The largest absolute Gasteiger partial charge is 0.367 e. The topological polar surface area (TPSA) is 28.2 Å². The van der Waals surface area contributed by atoms with E-state index >= 15 is 0 Å². The molecule has 1 aromatic heterocycles. The van der Waals surface area contributed by atoms with E-state index in [2.05, 4.69) is 22.1 Å². The second-order valence-corrected chi connectivity index (χ2v) is 5.33. The van der Waals surface area contributed by atoms with Crippen molar-refractivity contribution < 1.29 is 8.78 Å². The van der Waals surface area contributed by atoms with Gasteiger partial charge in [-0.25, -0.2) is 13.8 Å². The van der Waals surface area contributed by atoms with Crippen molar-refractivity contribution in [2.24, 2.45) is 5.92 Å². The Morgan fingerprint density at radius 1 is 1.32 bits per heavy atom. The molecule has 0 spiro atoms. The van der Waals surface area contributed by atoms with E-state index < -0.39 is 11.6 Å². The van der Waals surface area contributed by atoms with Crippen LogP contribution in [0.3, 0.4) is 0 Å². The first-order valence-electron chi connectivity index (χ1n) is 6.92. The van der Waals surface area contributed by atoms with Gasteiger partial charge in [0.1, 0.15) is 5.82 Å². The molecule has 1 fully saturated rings. The van der Waals surface area contributed by atoms with Crippen molar-refractivity contribution in [1.82, 2.24) is 9.88 Å². The summed E-state index contributed by atoms with van der Waals surface area (Å²) in [6.45, 7) is 6.10. The molecule has 0 aliphatic carbocycles. The fourth-order valence-electron chi connectivity index (χ4n) is 2.46. The lowest BCUT2D eigenvalue weighted by molar-refractivity contribution is 0.204. The summed E-state index contributed by atoms with van der Waals surface area (Å²) in [6, 6.07) is 0.852. The number of pyridine rings is 1. The third-order valence-electron chi connectivity index (χ3n) is 3.44. The van der Waals surface area contributed by atoms with Crippen molar-refractivity contribution in [2.45, 2.75) is 26.2 Å². The summed E-state index contributed by atoms with van der Waals surface area (Å²) >= 11 is 0. The first-order valence-corrected chi connectivity index (χ1v) is 6.92. The van der Waals surface area contributed by atoms with Crippen LogP contribution in [0.5, 0.6) is 0 Å². The molecule has 2 heterocycles. The number of nitrogens with one attached hydrogen (secondary N) is 1. The molecule has 0 bridgehead atoms. The van der Waals surface area contributed by atoms with E-state index in [-0.39, 0.29) is 5.82 Å². The number of likely N-dealkylation sites (tertiary alicyclic amines) is 1. The van der Waals surface area contributed by atoms with E-state index in [4.69, 9.17) is 0 Å². The van der Waals surface area contributed by atoms with Gasteiger partial charge in [0.2, 0.25) is 0 Å². The Labute approximate surface area is 113 Å². The zero-order chi connectivity index (χ0) is 13.7. The van der Waals surface area contributed by atoms with Gasteiger partial charge in [0.15, 0.2) is 11.6 Å². The van der Waals surface area contributed by atoms with Crippen LogP contribution in [0.25, 0.3) is 0 Å². The molecule has 0 aromatic carbocycles. The normalized spacial score (nSPS) is 18.3. The van der Waals surface area contributed by atoms with E-state index in [9.17, 15) is 8.78 Å². The monoisotopic (exact) mass is 269 g/mol. The number of anilines is 1. The molecule has 1 aliphatic heterocycles. The average molecular weight is 269 g/mol. The van der Waals surface area contributed by atoms with Crippen molar-refractivity contribution in [3.05, 3.63) is 23.9 Å². The Hall–Kier alpha value is -1.23.